The van der Waals surface area contributed by atoms with Crippen LogP contribution >= 0.6 is 0 Å². The van der Waals surface area contributed by atoms with E-state index in [2.05, 4.69) is 15.0 Å². The lowest BCUT2D eigenvalue weighted by atomic mass is 9.95. The molecule has 0 aliphatic carbocycles. The van der Waals surface area contributed by atoms with Gasteiger partial charge in [-0.2, -0.15) is 0 Å². The summed E-state index contributed by atoms with van der Waals surface area (Å²) in [5.74, 6) is 0.0803. The fourth-order valence-electron chi connectivity index (χ4n) is 3.89. The lowest BCUT2D eigenvalue weighted by Crippen LogP contribution is -2.45. The molecule has 2 aromatic heterocycles. The number of aromatic amines is 1. The minimum atomic E-state index is -0.742. The van der Waals surface area contributed by atoms with E-state index in [-0.39, 0.29) is 23.1 Å². The number of halogens is 1. The number of H-pyrrole nitrogens is 1. The van der Waals surface area contributed by atoms with Crippen molar-refractivity contribution in [1.29, 1.82) is 0 Å². The van der Waals surface area contributed by atoms with Gasteiger partial charge in [-0.25, -0.2) is 9.37 Å². The highest BCUT2D eigenvalue weighted by molar-refractivity contribution is 5.81. The first-order chi connectivity index (χ1) is 15.5. The normalized spacial score (nSPS) is 15.4. The number of aromatic nitrogens is 3. The number of benzene rings is 1. The zero-order chi connectivity index (χ0) is 22.5. The van der Waals surface area contributed by atoms with E-state index >= 15 is 0 Å². The highest BCUT2D eigenvalue weighted by Gasteiger charge is 2.30. The van der Waals surface area contributed by atoms with E-state index in [1.54, 1.807) is 23.2 Å². The van der Waals surface area contributed by atoms with E-state index in [1.807, 2.05) is 25.1 Å². The molecule has 1 aliphatic rings. The lowest BCUT2D eigenvalue weighted by Gasteiger charge is -2.33. The SMILES string of the molecule is CC[C@@H](Oc1ccccc1F)C(=O)N1CCC(c2nc(-c3ccccn3)cc(=O)[nH]2)CC1. The number of carbonyl (C=O) groups excluding carboxylic acids is 1. The van der Waals surface area contributed by atoms with Crippen LogP contribution in [0.5, 0.6) is 5.75 Å². The molecule has 3 aromatic rings. The summed E-state index contributed by atoms with van der Waals surface area (Å²) in [6.07, 6.45) is 2.69. The molecule has 1 saturated heterocycles. The summed E-state index contributed by atoms with van der Waals surface area (Å²) in [6.45, 7) is 2.87. The van der Waals surface area contributed by atoms with Crippen LogP contribution in [0, 0.1) is 5.82 Å². The lowest BCUT2D eigenvalue weighted by molar-refractivity contribution is -0.140. The molecule has 1 aromatic carbocycles. The summed E-state index contributed by atoms with van der Waals surface area (Å²) in [5, 5.41) is 0. The number of amides is 1. The van der Waals surface area contributed by atoms with Crippen molar-refractivity contribution in [2.45, 2.75) is 38.2 Å². The second-order valence-electron chi connectivity index (χ2n) is 7.78. The molecule has 0 unspecified atom stereocenters. The highest BCUT2D eigenvalue weighted by Crippen LogP contribution is 2.27. The third-order valence-corrected chi connectivity index (χ3v) is 5.63. The van der Waals surface area contributed by atoms with Gasteiger partial charge in [0.15, 0.2) is 17.7 Å². The molecule has 1 atom stereocenters. The van der Waals surface area contributed by atoms with Gasteiger partial charge in [0.2, 0.25) is 0 Å². The molecule has 32 heavy (non-hydrogen) atoms. The van der Waals surface area contributed by atoms with E-state index in [0.29, 0.717) is 49.6 Å². The first-order valence-corrected chi connectivity index (χ1v) is 10.8. The molecular weight excluding hydrogens is 411 g/mol. The molecule has 4 rings (SSSR count). The van der Waals surface area contributed by atoms with Gasteiger partial charge in [-0.15, -0.1) is 0 Å². The van der Waals surface area contributed by atoms with Crippen LogP contribution < -0.4 is 10.3 Å². The maximum atomic E-state index is 13.9. The Balaban J connectivity index is 1.43. The van der Waals surface area contributed by atoms with Crippen LogP contribution in [0.15, 0.2) is 59.5 Å². The Labute approximate surface area is 185 Å². The monoisotopic (exact) mass is 436 g/mol. The van der Waals surface area contributed by atoms with Crippen LogP contribution in [0.2, 0.25) is 0 Å². The third-order valence-electron chi connectivity index (χ3n) is 5.63. The van der Waals surface area contributed by atoms with E-state index < -0.39 is 11.9 Å². The molecule has 1 fully saturated rings. The van der Waals surface area contributed by atoms with E-state index in [1.165, 1.54) is 18.2 Å². The molecule has 0 bridgehead atoms. The standard InChI is InChI=1S/C24H25FN4O3/c1-2-20(32-21-9-4-3-7-17(21)25)24(31)29-13-10-16(11-14-29)23-27-19(15-22(30)28-23)18-8-5-6-12-26-18/h3-9,12,15-16,20H,2,10-11,13-14H2,1H3,(H,27,28,30)/t20-/m1/s1. The van der Waals surface area contributed by atoms with Crippen LogP contribution in [0.25, 0.3) is 11.4 Å². The number of para-hydroxylation sites is 1. The van der Waals surface area contributed by atoms with Gasteiger partial charge < -0.3 is 14.6 Å². The van der Waals surface area contributed by atoms with Gasteiger partial charge in [0.05, 0.1) is 11.4 Å². The predicted octanol–water partition coefficient (Wildman–Crippen LogP) is 3.53. The Morgan fingerprint density at radius 1 is 1.19 bits per heavy atom. The van der Waals surface area contributed by atoms with Crippen LogP contribution in [0.3, 0.4) is 0 Å². The van der Waals surface area contributed by atoms with Crippen LogP contribution in [0.1, 0.15) is 37.9 Å². The molecule has 0 saturated carbocycles. The first-order valence-electron chi connectivity index (χ1n) is 10.8. The van der Waals surface area contributed by atoms with Crippen molar-refractivity contribution < 1.29 is 13.9 Å². The van der Waals surface area contributed by atoms with Crippen molar-refractivity contribution in [2.75, 3.05) is 13.1 Å². The first kappa shape index (κ1) is 21.7. The van der Waals surface area contributed by atoms with E-state index in [4.69, 9.17) is 4.74 Å². The van der Waals surface area contributed by atoms with E-state index in [0.717, 1.165) is 0 Å². The average Bonchev–Trinajstić information content (AvgIpc) is 2.83. The molecule has 0 radical (unpaired) electrons. The van der Waals surface area contributed by atoms with Crippen molar-refractivity contribution in [1.82, 2.24) is 19.9 Å². The maximum Gasteiger partial charge on any atom is 0.263 e. The number of piperidine rings is 1. The fourth-order valence-corrected chi connectivity index (χ4v) is 3.89. The van der Waals surface area contributed by atoms with Crippen molar-refractivity contribution in [3.05, 3.63) is 76.7 Å². The van der Waals surface area contributed by atoms with Crippen molar-refractivity contribution in [3.63, 3.8) is 0 Å². The summed E-state index contributed by atoms with van der Waals surface area (Å²) >= 11 is 0. The Morgan fingerprint density at radius 3 is 2.62 bits per heavy atom. The Hall–Kier alpha value is -3.55. The minimum absolute atomic E-state index is 0.0305. The van der Waals surface area contributed by atoms with Crippen LogP contribution in [0.4, 0.5) is 4.39 Å². The zero-order valence-corrected chi connectivity index (χ0v) is 17.8. The molecule has 0 spiro atoms. The van der Waals surface area contributed by atoms with Crippen molar-refractivity contribution >= 4 is 5.91 Å². The third kappa shape index (κ3) is 4.85. The van der Waals surface area contributed by atoms with Gasteiger partial charge in [-0.3, -0.25) is 14.6 Å². The Kier molecular flexibility index (Phi) is 6.58. The summed E-state index contributed by atoms with van der Waals surface area (Å²) in [7, 11) is 0. The Bertz CT molecular complexity index is 1130. The number of ether oxygens (including phenoxy) is 1. The molecule has 8 heteroatoms. The number of pyridine rings is 1. The van der Waals surface area contributed by atoms with Crippen LogP contribution in [-0.4, -0.2) is 45.0 Å². The molecule has 1 N–H and O–H groups in total. The van der Waals surface area contributed by atoms with Gasteiger partial charge in [0.25, 0.3) is 11.5 Å². The number of hydrogen-bond donors (Lipinski definition) is 1. The predicted molar refractivity (Wildman–Crippen MR) is 118 cm³/mol. The zero-order valence-electron chi connectivity index (χ0n) is 17.8. The number of hydrogen-bond acceptors (Lipinski definition) is 5. The fraction of sp³-hybridized carbons (Fsp3) is 0.333. The number of rotatable bonds is 6. The van der Waals surface area contributed by atoms with Gasteiger partial charge in [0.1, 0.15) is 5.82 Å². The molecular formula is C24H25FN4O3. The molecule has 1 amide bonds. The Morgan fingerprint density at radius 2 is 1.94 bits per heavy atom. The molecule has 7 nitrogen and oxygen atoms in total. The second-order valence-corrected chi connectivity index (χ2v) is 7.78. The summed E-state index contributed by atoms with van der Waals surface area (Å²) in [6, 6.07) is 13.0. The van der Waals surface area contributed by atoms with Crippen LogP contribution in [-0.2, 0) is 4.79 Å². The largest absolute Gasteiger partial charge is 0.478 e. The number of likely N-dealkylation sites (tertiary alicyclic amines) is 1. The summed E-state index contributed by atoms with van der Waals surface area (Å²) in [5.41, 5.74) is 0.953. The second kappa shape index (κ2) is 9.72. The topological polar surface area (TPSA) is 88.2 Å². The number of nitrogens with one attached hydrogen (secondary N) is 1. The van der Waals surface area contributed by atoms with Gasteiger partial charge in [0, 0.05) is 31.3 Å². The maximum absolute atomic E-state index is 13.9. The summed E-state index contributed by atoms with van der Waals surface area (Å²) < 4.78 is 19.6. The highest BCUT2D eigenvalue weighted by atomic mass is 19.1. The summed E-state index contributed by atoms with van der Waals surface area (Å²) in [4.78, 5) is 38.7. The van der Waals surface area contributed by atoms with E-state index in [9.17, 15) is 14.0 Å². The van der Waals surface area contributed by atoms with Crippen molar-refractivity contribution in [2.24, 2.45) is 0 Å². The average molecular weight is 436 g/mol. The smallest absolute Gasteiger partial charge is 0.263 e. The number of nitrogens with zero attached hydrogens (tertiary/aromatic N) is 3. The molecule has 166 valence electrons. The van der Waals surface area contributed by atoms with Crippen molar-refractivity contribution in [3.8, 4) is 17.1 Å². The van der Waals surface area contributed by atoms with Gasteiger partial charge >= 0.3 is 0 Å². The molecule has 1 aliphatic heterocycles. The quantitative estimate of drug-likeness (QED) is 0.639. The minimum Gasteiger partial charge on any atom is -0.478 e. The van der Waals surface area contributed by atoms with Gasteiger partial charge in [-0.1, -0.05) is 25.1 Å². The molecule has 3 heterocycles. The van der Waals surface area contributed by atoms with Gasteiger partial charge in [-0.05, 0) is 43.5 Å². The number of carbonyl (C=O) groups is 1.